The van der Waals surface area contributed by atoms with Crippen LogP contribution in [0.5, 0.6) is 5.75 Å². The molecule has 0 saturated heterocycles. The van der Waals surface area contributed by atoms with Gasteiger partial charge < -0.3 is 20.1 Å². The molecule has 0 bridgehead atoms. The number of carbonyl (C=O) groups is 3. The number of ether oxygens (including phenoxy) is 2. The summed E-state index contributed by atoms with van der Waals surface area (Å²) in [5.74, 6) is -0.337. The summed E-state index contributed by atoms with van der Waals surface area (Å²) in [6, 6.07) is 10.3. The third kappa shape index (κ3) is 4.08. The van der Waals surface area contributed by atoms with Gasteiger partial charge in [0.1, 0.15) is 11.3 Å². The topological polar surface area (TPSA) is 93.7 Å². The third-order valence-corrected chi connectivity index (χ3v) is 4.39. The van der Waals surface area contributed by atoms with Gasteiger partial charge >= 0.3 is 5.97 Å². The zero-order chi connectivity index (χ0) is 19.4. The van der Waals surface area contributed by atoms with E-state index in [1.54, 1.807) is 36.4 Å². The molecule has 0 spiro atoms. The van der Waals surface area contributed by atoms with Crippen LogP contribution in [0.4, 0.5) is 5.69 Å². The molecule has 2 aromatic carbocycles. The normalized spacial score (nSPS) is 12.6. The van der Waals surface area contributed by atoms with Crippen LogP contribution in [-0.2, 0) is 22.5 Å². The predicted octanol–water partition coefficient (Wildman–Crippen LogP) is 2.30. The lowest BCUT2D eigenvalue weighted by atomic mass is 10.00. The highest BCUT2D eigenvalue weighted by Gasteiger charge is 2.17. The summed E-state index contributed by atoms with van der Waals surface area (Å²) in [7, 11) is 2.77. The molecule has 7 heteroatoms. The number of amides is 2. The number of esters is 1. The lowest BCUT2D eigenvalue weighted by Crippen LogP contribution is -2.24. The SMILES string of the molecule is COC(=O)c1cc(CNC(=O)c2ccc3c(c2)CCC(=O)N3)ccc1OC. The molecule has 0 aromatic heterocycles. The third-order valence-electron chi connectivity index (χ3n) is 4.39. The quantitative estimate of drug-likeness (QED) is 0.790. The average Bonchev–Trinajstić information content (AvgIpc) is 2.70. The van der Waals surface area contributed by atoms with Crippen LogP contribution in [0.25, 0.3) is 0 Å². The Bertz CT molecular complexity index is 907. The van der Waals surface area contributed by atoms with Gasteiger partial charge in [0, 0.05) is 24.2 Å². The number of anilines is 1. The number of rotatable bonds is 5. The standard InChI is InChI=1S/C20H20N2O5/c1-26-17-7-3-12(9-15(17)20(25)27-2)11-21-19(24)14-4-6-16-13(10-14)5-8-18(23)22-16/h3-4,6-7,9-10H,5,8,11H2,1-2H3,(H,21,24)(H,22,23). The van der Waals surface area contributed by atoms with E-state index in [0.717, 1.165) is 16.8 Å². The minimum absolute atomic E-state index is 0.0133. The first-order valence-electron chi connectivity index (χ1n) is 8.48. The molecule has 7 nitrogen and oxygen atoms in total. The van der Waals surface area contributed by atoms with Crippen LogP contribution < -0.4 is 15.4 Å². The van der Waals surface area contributed by atoms with Gasteiger partial charge in [-0.05, 0) is 47.9 Å². The van der Waals surface area contributed by atoms with E-state index >= 15 is 0 Å². The Morgan fingerprint density at radius 1 is 1.11 bits per heavy atom. The molecule has 0 saturated carbocycles. The molecule has 2 amide bonds. The molecule has 1 aliphatic heterocycles. The molecule has 0 fully saturated rings. The van der Waals surface area contributed by atoms with Crippen molar-refractivity contribution in [1.82, 2.24) is 5.32 Å². The van der Waals surface area contributed by atoms with Gasteiger partial charge in [-0.15, -0.1) is 0 Å². The second kappa shape index (κ2) is 7.90. The van der Waals surface area contributed by atoms with Crippen molar-refractivity contribution >= 4 is 23.5 Å². The van der Waals surface area contributed by atoms with Crippen molar-refractivity contribution in [2.75, 3.05) is 19.5 Å². The second-order valence-corrected chi connectivity index (χ2v) is 6.13. The number of fused-ring (bicyclic) bond motifs is 1. The van der Waals surface area contributed by atoms with Gasteiger partial charge in [0.05, 0.1) is 14.2 Å². The van der Waals surface area contributed by atoms with Crippen LogP contribution >= 0.6 is 0 Å². The van der Waals surface area contributed by atoms with Gasteiger partial charge in [-0.3, -0.25) is 9.59 Å². The molecule has 0 atom stereocenters. The van der Waals surface area contributed by atoms with Gasteiger partial charge in [0.25, 0.3) is 5.91 Å². The van der Waals surface area contributed by atoms with Crippen molar-refractivity contribution in [2.24, 2.45) is 0 Å². The van der Waals surface area contributed by atoms with E-state index in [9.17, 15) is 14.4 Å². The van der Waals surface area contributed by atoms with Gasteiger partial charge in [0.15, 0.2) is 0 Å². The van der Waals surface area contributed by atoms with Crippen LogP contribution in [0.3, 0.4) is 0 Å². The molecule has 1 aliphatic rings. The van der Waals surface area contributed by atoms with Crippen molar-refractivity contribution < 1.29 is 23.9 Å². The molecule has 3 rings (SSSR count). The molecular weight excluding hydrogens is 348 g/mol. The number of methoxy groups -OCH3 is 2. The first-order valence-corrected chi connectivity index (χ1v) is 8.48. The highest BCUT2D eigenvalue weighted by Crippen LogP contribution is 2.24. The maximum Gasteiger partial charge on any atom is 0.341 e. The summed E-state index contributed by atoms with van der Waals surface area (Å²) in [6.07, 6.45) is 1.03. The first-order chi connectivity index (χ1) is 13.0. The van der Waals surface area contributed by atoms with Gasteiger partial charge in [-0.25, -0.2) is 4.79 Å². The first kappa shape index (κ1) is 18.4. The van der Waals surface area contributed by atoms with Crippen LogP contribution in [0, 0.1) is 0 Å². The van der Waals surface area contributed by atoms with Crippen LogP contribution in [0.15, 0.2) is 36.4 Å². The molecule has 0 unspecified atom stereocenters. The molecule has 140 valence electrons. The van der Waals surface area contributed by atoms with Gasteiger partial charge in [0.2, 0.25) is 5.91 Å². The van der Waals surface area contributed by atoms with Crippen molar-refractivity contribution in [3.05, 3.63) is 58.7 Å². The van der Waals surface area contributed by atoms with Crippen LogP contribution in [0.2, 0.25) is 0 Å². The Balaban J connectivity index is 1.71. The fourth-order valence-corrected chi connectivity index (χ4v) is 2.94. The summed E-state index contributed by atoms with van der Waals surface area (Å²) >= 11 is 0. The van der Waals surface area contributed by atoms with Gasteiger partial charge in [-0.1, -0.05) is 6.07 Å². The van der Waals surface area contributed by atoms with E-state index in [2.05, 4.69) is 10.6 Å². The maximum atomic E-state index is 12.5. The molecular formula is C20H20N2O5. The minimum Gasteiger partial charge on any atom is -0.496 e. The predicted molar refractivity (Wildman–Crippen MR) is 98.9 cm³/mol. The number of hydrogen-bond donors (Lipinski definition) is 2. The molecule has 1 heterocycles. The maximum absolute atomic E-state index is 12.5. The summed E-state index contributed by atoms with van der Waals surface area (Å²) in [6.45, 7) is 0.251. The summed E-state index contributed by atoms with van der Waals surface area (Å²) in [5, 5.41) is 5.62. The van der Waals surface area contributed by atoms with E-state index < -0.39 is 5.97 Å². The average molecular weight is 368 g/mol. The Kier molecular flexibility index (Phi) is 5.40. The summed E-state index contributed by atoms with van der Waals surface area (Å²) in [4.78, 5) is 35.7. The molecule has 0 radical (unpaired) electrons. The minimum atomic E-state index is -0.503. The van der Waals surface area contributed by atoms with Crippen molar-refractivity contribution in [3.8, 4) is 5.75 Å². The Morgan fingerprint density at radius 3 is 2.67 bits per heavy atom. The van der Waals surface area contributed by atoms with Gasteiger partial charge in [-0.2, -0.15) is 0 Å². The van der Waals surface area contributed by atoms with Crippen molar-refractivity contribution in [3.63, 3.8) is 0 Å². The van der Waals surface area contributed by atoms with Crippen molar-refractivity contribution in [1.29, 1.82) is 0 Å². The Labute approximate surface area is 156 Å². The second-order valence-electron chi connectivity index (χ2n) is 6.13. The number of hydrogen-bond acceptors (Lipinski definition) is 5. The number of carbonyl (C=O) groups excluding carboxylic acids is 3. The van der Waals surface area contributed by atoms with E-state index in [1.807, 2.05) is 0 Å². The lowest BCUT2D eigenvalue weighted by molar-refractivity contribution is -0.116. The zero-order valence-corrected chi connectivity index (χ0v) is 15.1. The highest BCUT2D eigenvalue weighted by molar-refractivity contribution is 5.98. The Morgan fingerprint density at radius 2 is 1.93 bits per heavy atom. The number of aryl methyl sites for hydroxylation is 1. The molecule has 27 heavy (non-hydrogen) atoms. The smallest absolute Gasteiger partial charge is 0.341 e. The van der Waals surface area contributed by atoms with E-state index in [0.29, 0.717) is 29.7 Å². The number of nitrogens with one attached hydrogen (secondary N) is 2. The fraction of sp³-hybridized carbons (Fsp3) is 0.250. The molecule has 0 aliphatic carbocycles. The van der Waals surface area contributed by atoms with Crippen molar-refractivity contribution in [2.45, 2.75) is 19.4 Å². The van der Waals surface area contributed by atoms with E-state index in [1.165, 1.54) is 14.2 Å². The van der Waals surface area contributed by atoms with Crippen LogP contribution in [0.1, 0.15) is 38.3 Å². The summed E-state index contributed by atoms with van der Waals surface area (Å²) in [5.41, 5.74) is 3.26. The highest BCUT2D eigenvalue weighted by atomic mass is 16.5. The molecule has 2 N–H and O–H groups in total. The number of benzene rings is 2. The fourth-order valence-electron chi connectivity index (χ4n) is 2.94. The van der Waals surface area contributed by atoms with Crippen LogP contribution in [-0.4, -0.2) is 32.0 Å². The lowest BCUT2D eigenvalue weighted by Gasteiger charge is -2.17. The molecule has 2 aromatic rings. The summed E-state index contributed by atoms with van der Waals surface area (Å²) < 4.78 is 9.91. The largest absolute Gasteiger partial charge is 0.496 e. The monoisotopic (exact) mass is 368 g/mol. The zero-order valence-electron chi connectivity index (χ0n) is 15.1. The Hall–Kier alpha value is -3.35. The van der Waals surface area contributed by atoms with E-state index in [4.69, 9.17) is 9.47 Å². The van der Waals surface area contributed by atoms with E-state index in [-0.39, 0.29) is 18.4 Å².